The van der Waals surface area contributed by atoms with Crippen LogP contribution < -0.4 is 5.32 Å². The molecule has 1 aromatic carbocycles. The number of rotatable bonds is 4. The van der Waals surface area contributed by atoms with E-state index in [0.717, 1.165) is 29.3 Å². The maximum Gasteiger partial charge on any atom is 0.277 e. The second-order valence-electron chi connectivity index (χ2n) is 4.92. The number of pyridine rings is 1. The molecule has 6 nitrogen and oxygen atoms in total. The van der Waals surface area contributed by atoms with Gasteiger partial charge in [-0.2, -0.15) is 0 Å². The van der Waals surface area contributed by atoms with Crippen LogP contribution in [0.5, 0.6) is 0 Å². The van der Waals surface area contributed by atoms with E-state index in [1.807, 2.05) is 0 Å². The third kappa shape index (κ3) is 2.84. The molecule has 1 unspecified atom stereocenters. The lowest BCUT2D eigenvalue weighted by atomic mass is 10.1. The van der Waals surface area contributed by atoms with Crippen molar-refractivity contribution in [1.29, 1.82) is 0 Å². The molecule has 1 aromatic heterocycles. The Kier molecular flexibility index (Phi) is 4.03. The summed E-state index contributed by atoms with van der Waals surface area (Å²) in [7, 11) is 0. The van der Waals surface area contributed by atoms with E-state index in [9.17, 15) is 10.1 Å². The second-order valence-corrected chi connectivity index (χ2v) is 5.78. The molecule has 1 aliphatic heterocycles. The van der Waals surface area contributed by atoms with Gasteiger partial charge in [0, 0.05) is 35.3 Å². The summed E-state index contributed by atoms with van der Waals surface area (Å²) in [6, 6.07) is 4.84. The van der Waals surface area contributed by atoms with Gasteiger partial charge >= 0.3 is 0 Å². The van der Waals surface area contributed by atoms with Gasteiger partial charge in [0.15, 0.2) is 0 Å². The number of hydrogen-bond acceptors (Lipinski definition) is 5. The molecule has 0 spiro atoms. The average molecular weight is 352 g/mol. The summed E-state index contributed by atoms with van der Waals surface area (Å²) >= 11 is 3.45. The minimum atomic E-state index is -0.376. The molecule has 3 rings (SSSR count). The Bertz CT molecular complexity index is 686. The Morgan fingerprint density at radius 1 is 1.48 bits per heavy atom. The molecule has 21 heavy (non-hydrogen) atoms. The van der Waals surface area contributed by atoms with E-state index in [0.29, 0.717) is 17.7 Å². The van der Waals surface area contributed by atoms with Gasteiger partial charge in [0.1, 0.15) is 5.82 Å². The third-order valence-electron chi connectivity index (χ3n) is 3.57. The highest BCUT2D eigenvalue weighted by Crippen LogP contribution is 2.35. The van der Waals surface area contributed by atoms with Crippen LogP contribution in [0.1, 0.15) is 12.8 Å². The lowest BCUT2D eigenvalue weighted by Crippen LogP contribution is -2.19. The van der Waals surface area contributed by atoms with Crippen LogP contribution in [-0.2, 0) is 4.74 Å². The Labute approximate surface area is 129 Å². The van der Waals surface area contributed by atoms with Gasteiger partial charge in [-0.3, -0.25) is 10.1 Å². The number of benzene rings is 1. The molecule has 7 heteroatoms. The molecule has 0 amide bonds. The molecule has 2 heterocycles. The predicted octanol–water partition coefficient (Wildman–Crippen LogP) is 3.50. The monoisotopic (exact) mass is 351 g/mol. The summed E-state index contributed by atoms with van der Waals surface area (Å²) in [5.74, 6) is 0.638. The standard InChI is InChI=1S/C14H14BrN3O3/c15-11-3-4-12(18(19)20)10-5-6-16-14(13(10)11)17-8-9-2-1-7-21-9/h3-6,9H,1-2,7-8H2,(H,16,17). The molecule has 1 aliphatic rings. The number of fused-ring (bicyclic) bond motifs is 1. The van der Waals surface area contributed by atoms with Crippen molar-refractivity contribution < 1.29 is 9.66 Å². The summed E-state index contributed by atoms with van der Waals surface area (Å²) in [6.45, 7) is 1.45. The molecule has 110 valence electrons. The van der Waals surface area contributed by atoms with Crippen LogP contribution >= 0.6 is 15.9 Å². The lowest BCUT2D eigenvalue weighted by molar-refractivity contribution is -0.383. The number of aromatic nitrogens is 1. The van der Waals surface area contributed by atoms with Crippen molar-refractivity contribution in [2.75, 3.05) is 18.5 Å². The minimum Gasteiger partial charge on any atom is -0.376 e. The summed E-state index contributed by atoms with van der Waals surface area (Å²) in [6.07, 6.45) is 3.86. The van der Waals surface area contributed by atoms with Crippen LogP contribution in [0.15, 0.2) is 28.9 Å². The van der Waals surface area contributed by atoms with Gasteiger partial charge in [-0.25, -0.2) is 4.98 Å². The quantitative estimate of drug-likeness (QED) is 0.673. The topological polar surface area (TPSA) is 77.3 Å². The van der Waals surface area contributed by atoms with Crippen molar-refractivity contribution in [2.45, 2.75) is 18.9 Å². The predicted molar refractivity (Wildman–Crippen MR) is 83.6 cm³/mol. The molecule has 0 aliphatic carbocycles. The number of ether oxygens (including phenoxy) is 1. The molecule has 1 atom stereocenters. The van der Waals surface area contributed by atoms with Gasteiger partial charge in [-0.1, -0.05) is 15.9 Å². The molecule has 2 aromatic rings. The van der Waals surface area contributed by atoms with Crippen molar-refractivity contribution in [3.8, 4) is 0 Å². The number of anilines is 1. The fourth-order valence-electron chi connectivity index (χ4n) is 2.55. The van der Waals surface area contributed by atoms with E-state index in [1.165, 1.54) is 6.07 Å². The molecule has 1 saturated heterocycles. The van der Waals surface area contributed by atoms with Crippen molar-refractivity contribution in [3.05, 3.63) is 39.0 Å². The van der Waals surface area contributed by atoms with E-state index >= 15 is 0 Å². The number of nitro groups is 1. The van der Waals surface area contributed by atoms with Gasteiger partial charge in [0.2, 0.25) is 0 Å². The highest BCUT2D eigenvalue weighted by atomic mass is 79.9. The van der Waals surface area contributed by atoms with Crippen LogP contribution in [0.2, 0.25) is 0 Å². The Balaban J connectivity index is 1.98. The summed E-state index contributed by atoms with van der Waals surface area (Å²) in [5.41, 5.74) is 0.0794. The van der Waals surface area contributed by atoms with Crippen LogP contribution in [0.25, 0.3) is 10.8 Å². The van der Waals surface area contributed by atoms with E-state index in [2.05, 4.69) is 26.2 Å². The van der Waals surface area contributed by atoms with Crippen LogP contribution in [-0.4, -0.2) is 29.2 Å². The van der Waals surface area contributed by atoms with Crippen molar-refractivity contribution in [2.24, 2.45) is 0 Å². The fraction of sp³-hybridized carbons (Fsp3) is 0.357. The largest absolute Gasteiger partial charge is 0.376 e. The molecule has 1 fully saturated rings. The maximum atomic E-state index is 11.1. The zero-order valence-electron chi connectivity index (χ0n) is 11.2. The number of nitro benzene ring substituents is 1. The Morgan fingerprint density at radius 2 is 2.33 bits per heavy atom. The smallest absolute Gasteiger partial charge is 0.277 e. The van der Waals surface area contributed by atoms with Crippen LogP contribution in [0.4, 0.5) is 11.5 Å². The molecule has 1 N–H and O–H groups in total. The fourth-order valence-corrected chi connectivity index (χ4v) is 3.08. The van der Waals surface area contributed by atoms with Crippen molar-refractivity contribution >= 4 is 38.2 Å². The molecule has 0 bridgehead atoms. The maximum absolute atomic E-state index is 11.1. The molecular formula is C14H14BrN3O3. The van der Waals surface area contributed by atoms with Crippen molar-refractivity contribution in [1.82, 2.24) is 4.98 Å². The van der Waals surface area contributed by atoms with Crippen LogP contribution in [0, 0.1) is 10.1 Å². The third-order valence-corrected chi connectivity index (χ3v) is 4.23. The SMILES string of the molecule is O=[N+]([O-])c1ccc(Br)c2c(NCC3CCCO3)nccc12. The zero-order chi connectivity index (χ0) is 14.8. The van der Waals surface area contributed by atoms with Crippen LogP contribution in [0.3, 0.4) is 0 Å². The second kappa shape index (κ2) is 5.95. The summed E-state index contributed by atoms with van der Waals surface area (Å²) in [5, 5.41) is 15.7. The number of non-ortho nitro benzene ring substituents is 1. The van der Waals surface area contributed by atoms with E-state index in [4.69, 9.17) is 4.74 Å². The number of nitrogens with one attached hydrogen (secondary N) is 1. The first-order valence-corrected chi connectivity index (χ1v) is 7.53. The van der Waals surface area contributed by atoms with E-state index in [1.54, 1.807) is 18.3 Å². The Hall–Kier alpha value is -1.73. The first-order valence-electron chi connectivity index (χ1n) is 6.74. The summed E-state index contributed by atoms with van der Waals surface area (Å²) in [4.78, 5) is 15.1. The molecule has 0 radical (unpaired) electrons. The first kappa shape index (κ1) is 14.2. The van der Waals surface area contributed by atoms with Crippen molar-refractivity contribution in [3.63, 3.8) is 0 Å². The zero-order valence-corrected chi connectivity index (χ0v) is 12.8. The number of nitrogens with zero attached hydrogens (tertiary/aromatic N) is 2. The highest BCUT2D eigenvalue weighted by molar-refractivity contribution is 9.10. The minimum absolute atomic E-state index is 0.0794. The molecular weight excluding hydrogens is 338 g/mol. The first-order chi connectivity index (χ1) is 10.2. The van der Waals surface area contributed by atoms with E-state index < -0.39 is 0 Å². The summed E-state index contributed by atoms with van der Waals surface area (Å²) < 4.78 is 6.35. The average Bonchev–Trinajstić information content (AvgIpc) is 2.98. The number of halogens is 1. The van der Waals surface area contributed by atoms with Gasteiger partial charge in [0.25, 0.3) is 5.69 Å². The van der Waals surface area contributed by atoms with E-state index in [-0.39, 0.29) is 16.7 Å². The normalized spacial score (nSPS) is 18.0. The van der Waals surface area contributed by atoms with Gasteiger partial charge < -0.3 is 10.1 Å². The lowest BCUT2D eigenvalue weighted by Gasteiger charge is -2.13. The van der Waals surface area contributed by atoms with Gasteiger partial charge in [-0.15, -0.1) is 0 Å². The highest BCUT2D eigenvalue weighted by Gasteiger charge is 2.19. The van der Waals surface area contributed by atoms with Gasteiger partial charge in [-0.05, 0) is 25.0 Å². The Morgan fingerprint density at radius 3 is 3.05 bits per heavy atom. The van der Waals surface area contributed by atoms with Gasteiger partial charge in [0.05, 0.1) is 16.4 Å². The molecule has 0 saturated carbocycles. The number of hydrogen-bond donors (Lipinski definition) is 1.